The molecule has 5 nitrogen and oxygen atoms in total. The number of benzene rings is 3. The molecular formula is C26H27BrCl2N2O3. The summed E-state index contributed by atoms with van der Waals surface area (Å²) in [6.07, 6.45) is 0. The van der Waals surface area contributed by atoms with Crippen LogP contribution in [-0.4, -0.2) is 35.9 Å². The minimum Gasteiger partial charge on any atom is -0.483 e. The van der Waals surface area contributed by atoms with E-state index >= 15 is 0 Å². The van der Waals surface area contributed by atoms with Crippen molar-refractivity contribution in [2.24, 2.45) is 5.92 Å². The molecule has 0 aliphatic carbocycles. The molecule has 3 aromatic rings. The molecule has 180 valence electrons. The summed E-state index contributed by atoms with van der Waals surface area (Å²) in [7, 11) is 0. The zero-order valence-electron chi connectivity index (χ0n) is 19.3. The van der Waals surface area contributed by atoms with Gasteiger partial charge in [0.15, 0.2) is 6.61 Å². The van der Waals surface area contributed by atoms with Crippen LogP contribution in [-0.2, 0) is 16.1 Å². The first-order valence-electron chi connectivity index (χ1n) is 11.0. The number of amides is 2. The number of carbonyl (C=O) groups is 2. The van der Waals surface area contributed by atoms with E-state index in [4.69, 9.17) is 27.9 Å². The Labute approximate surface area is 218 Å². The Kier molecular flexibility index (Phi) is 9.23. The van der Waals surface area contributed by atoms with Gasteiger partial charge in [0.25, 0.3) is 5.91 Å². The molecular weight excluding hydrogens is 539 g/mol. The minimum atomic E-state index is -0.704. The van der Waals surface area contributed by atoms with Gasteiger partial charge in [-0.15, -0.1) is 0 Å². The number of hydrogen-bond donors (Lipinski definition) is 1. The summed E-state index contributed by atoms with van der Waals surface area (Å²) >= 11 is 15.8. The maximum atomic E-state index is 13.3. The Morgan fingerprint density at radius 1 is 1.03 bits per heavy atom. The van der Waals surface area contributed by atoms with Gasteiger partial charge < -0.3 is 15.0 Å². The highest BCUT2D eigenvalue weighted by molar-refractivity contribution is 9.10. The molecule has 1 N–H and O–H groups in total. The second-order valence-electron chi connectivity index (χ2n) is 8.47. The number of nitrogens with one attached hydrogen (secondary N) is 1. The normalized spacial score (nSPS) is 12.0. The Hall–Kier alpha value is -2.28. The fourth-order valence-corrected chi connectivity index (χ4v) is 4.35. The van der Waals surface area contributed by atoms with Crippen LogP contribution in [0.2, 0.25) is 10.0 Å². The number of halogens is 3. The van der Waals surface area contributed by atoms with Crippen molar-refractivity contribution in [2.45, 2.75) is 33.4 Å². The van der Waals surface area contributed by atoms with Gasteiger partial charge in [-0.25, -0.2) is 0 Å². The third-order valence-corrected chi connectivity index (χ3v) is 6.92. The lowest BCUT2D eigenvalue weighted by Crippen LogP contribution is -2.49. The molecule has 0 bridgehead atoms. The van der Waals surface area contributed by atoms with Crippen molar-refractivity contribution in [1.29, 1.82) is 0 Å². The number of fused-ring (bicyclic) bond motifs is 1. The van der Waals surface area contributed by atoms with Crippen LogP contribution in [0.25, 0.3) is 10.8 Å². The van der Waals surface area contributed by atoms with Gasteiger partial charge in [0, 0.05) is 13.1 Å². The van der Waals surface area contributed by atoms with Crippen LogP contribution < -0.4 is 10.1 Å². The molecule has 0 aliphatic heterocycles. The first-order chi connectivity index (χ1) is 16.2. The van der Waals surface area contributed by atoms with Gasteiger partial charge in [0.2, 0.25) is 5.91 Å². The molecule has 0 unspecified atom stereocenters. The van der Waals surface area contributed by atoms with Crippen LogP contribution in [0.3, 0.4) is 0 Å². The molecule has 34 heavy (non-hydrogen) atoms. The topological polar surface area (TPSA) is 58.6 Å². The Bertz CT molecular complexity index is 1190. The predicted molar refractivity (Wildman–Crippen MR) is 141 cm³/mol. The predicted octanol–water partition coefficient (Wildman–Crippen LogP) is 6.48. The van der Waals surface area contributed by atoms with Crippen LogP contribution in [0.15, 0.2) is 59.1 Å². The molecule has 0 spiro atoms. The highest BCUT2D eigenvalue weighted by Crippen LogP contribution is 2.33. The van der Waals surface area contributed by atoms with E-state index in [1.165, 1.54) is 4.90 Å². The first-order valence-corrected chi connectivity index (χ1v) is 12.5. The first kappa shape index (κ1) is 26.3. The molecule has 0 radical (unpaired) electrons. The molecule has 3 rings (SSSR count). The lowest BCUT2D eigenvalue weighted by Gasteiger charge is -2.29. The summed E-state index contributed by atoms with van der Waals surface area (Å²) in [5, 5.41) is 5.76. The summed E-state index contributed by atoms with van der Waals surface area (Å²) in [5.74, 6) is 0.301. The van der Waals surface area contributed by atoms with E-state index in [9.17, 15) is 9.59 Å². The number of carbonyl (C=O) groups excluding carboxylic acids is 2. The molecule has 0 aliphatic rings. The molecule has 2 amide bonds. The molecule has 8 heteroatoms. The van der Waals surface area contributed by atoms with Gasteiger partial charge in [-0.05, 0) is 63.3 Å². The van der Waals surface area contributed by atoms with E-state index < -0.39 is 6.04 Å². The smallest absolute Gasteiger partial charge is 0.261 e. The Morgan fingerprint density at radius 3 is 2.47 bits per heavy atom. The highest BCUT2D eigenvalue weighted by Gasteiger charge is 2.27. The van der Waals surface area contributed by atoms with Crippen molar-refractivity contribution in [3.63, 3.8) is 0 Å². The zero-order chi connectivity index (χ0) is 24.8. The number of rotatable bonds is 9. The van der Waals surface area contributed by atoms with Gasteiger partial charge in [-0.2, -0.15) is 0 Å². The molecule has 0 saturated heterocycles. The van der Waals surface area contributed by atoms with E-state index in [0.29, 0.717) is 28.3 Å². The second-order valence-corrected chi connectivity index (χ2v) is 10.1. The van der Waals surface area contributed by atoms with Crippen molar-refractivity contribution in [3.05, 3.63) is 74.7 Å². The van der Waals surface area contributed by atoms with Crippen molar-refractivity contribution in [3.8, 4) is 5.75 Å². The number of nitrogens with zero attached hydrogens (tertiary/aromatic N) is 1. The van der Waals surface area contributed by atoms with Crippen molar-refractivity contribution < 1.29 is 14.3 Å². The summed E-state index contributed by atoms with van der Waals surface area (Å²) in [4.78, 5) is 27.5. The standard InChI is InChI=1S/C26H27BrCl2N2O3/c1-16(2)13-30-26(33)17(3)31(14-18-8-10-21(28)22(29)12-18)24(32)15-34-23-11-9-19-6-4-5-7-20(19)25(23)27/h4-12,16-17H,13-15H2,1-3H3,(H,30,33)/t17-/m1/s1. The highest BCUT2D eigenvalue weighted by atomic mass is 79.9. The zero-order valence-corrected chi connectivity index (χ0v) is 22.4. The summed E-state index contributed by atoms with van der Waals surface area (Å²) < 4.78 is 6.65. The number of hydrogen-bond acceptors (Lipinski definition) is 3. The fourth-order valence-electron chi connectivity index (χ4n) is 3.42. The lowest BCUT2D eigenvalue weighted by atomic mass is 10.1. The van der Waals surface area contributed by atoms with Crippen LogP contribution in [0.4, 0.5) is 0 Å². The van der Waals surface area contributed by atoms with Crippen molar-refractivity contribution in [2.75, 3.05) is 13.2 Å². The van der Waals surface area contributed by atoms with E-state index in [-0.39, 0.29) is 25.0 Å². The summed E-state index contributed by atoms with van der Waals surface area (Å²) in [6.45, 7) is 6.22. The van der Waals surface area contributed by atoms with Gasteiger partial charge in [-0.1, -0.05) is 73.4 Å². The van der Waals surface area contributed by atoms with Gasteiger partial charge in [0.05, 0.1) is 14.5 Å². The third kappa shape index (κ3) is 6.65. The van der Waals surface area contributed by atoms with Gasteiger partial charge in [-0.3, -0.25) is 9.59 Å². The lowest BCUT2D eigenvalue weighted by molar-refractivity contribution is -0.142. The van der Waals surface area contributed by atoms with Crippen molar-refractivity contribution in [1.82, 2.24) is 10.2 Å². The van der Waals surface area contributed by atoms with Gasteiger partial charge in [0.1, 0.15) is 11.8 Å². The largest absolute Gasteiger partial charge is 0.483 e. The summed E-state index contributed by atoms with van der Waals surface area (Å²) in [6, 6.07) is 16.1. The van der Waals surface area contributed by atoms with E-state index in [0.717, 1.165) is 20.8 Å². The SMILES string of the molecule is CC(C)CNC(=O)[C@@H](C)N(Cc1ccc(Cl)c(Cl)c1)C(=O)COc1ccc2ccccc2c1Br. The average Bonchev–Trinajstić information content (AvgIpc) is 2.82. The van der Waals surface area contributed by atoms with Gasteiger partial charge >= 0.3 is 0 Å². The maximum absolute atomic E-state index is 13.3. The summed E-state index contributed by atoms with van der Waals surface area (Å²) in [5.41, 5.74) is 0.762. The third-order valence-electron chi connectivity index (χ3n) is 5.37. The number of ether oxygens (including phenoxy) is 1. The quantitative estimate of drug-likeness (QED) is 0.323. The Morgan fingerprint density at radius 2 is 1.76 bits per heavy atom. The molecule has 0 saturated carbocycles. The Balaban J connectivity index is 1.79. The van der Waals surface area contributed by atoms with Crippen LogP contribution in [0.5, 0.6) is 5.75 Å². The molecule has 1 atom stereocenters. The maximum Gasteiger partial charge on any atom is 0.261 e. The van der Waals surface area contributed by atoms with Crippen LogP contribution in [0, 0.1) is 5.92 Å². The molecule has 0 heterocycles. The molecule has 0 aromatic heterocycles. The van der Waals surface area contributed by atoms with E-state index in [1.54, 1.807) is 25.1 Å². The minimum absolute atomic E-state index is 0.189. The molecule has 3 aromatic carbocycles. The van der Waals surface area contributed by atoms with Crippen LogP contribution in [0.1, 0.15) is 26.3 Å². The average molecular weight is 566 g/mol. The second kappa shape index (κ2) is 11.9. The van der Waals surface area contributed by atoms with E-state index in [2.05, 4.69) is 21.2 Å². The van der Waals surface area contributed by atoms with Crippen molar-refractivity contribution >= 4 is 61.7 Å². The monoisotopic (exact) mass is 564 g/mol. The van der Waals surface area contributed by atoms with Crippen LogP contribution >= 0.6 is 39.1 Å². The fraction of sp³-hybridized carbons (Fsp3) is 0.308. The molecule has 0 fully saturated rings. The van der Waals surface area contributed by atoms with E-state index in [1.807, 2.05) is 50.2 Å².